The van der Waals surface area contributed by atoms with Gasteiger partial charge in [0.1, 0.15) is 11.6 Å². The van der Waals surface area contributed by atoms with Crippen molar-refractivity contribution in [3.63, 3.8) is 0 Å². The molecule has 62 valence electrons. The van der Waals surface area contributed by atoms with E-state index in [1.807, 2.05) is 13.0 Å². The molecule has 1 aromatic heterocycles. The van der Waals surface area contributed by atoms with E-state index >= 15 is 0 Å². The molecule has 3 heteroatoms. The largest absolute Gasteiger partial charge is 0.325 e. The lowest BCUT2D eigenvalue weighted by Gasteiger charge is -1.96. The van der Waals surface area contributed by atoms with Crippen LogP contribution in [0.25, 0.3) is 0 Å². The number of rotatable bonds is 2. The zero-order chi connectivity index (χ0) is 8.97. The number of nitrogens with one attached hydrogen (secondary N) is 1. The number of nitriles is 1. The van der Waals surface area contributed by atoms with Crippen LogP contribution in [-0.4, -0.2) is 4.98 Å². The number of aromatic nitrogens is 1. The van der Waals surface area contributed by atoms with Crippen LogP contribution in [-0.2, 0) is 6.42 Å². The summed E-state index contributed by atoms with van der Waals surface area (Å²) in [5.74, 6) is 0. The number of hydrogen-bond donors (Lipinski definition) is 1. The van der Waals surface area contributed by atoms with Gasteiger partial charge < -0.3 is 4.98 Å². The Hall–Kier alpha value is -1.56. The molecule has 0 fully saturated rings. The van der Waals surface area contributed by atoms with Gasteiger partial charge in [0, 0.05) is 5.69 Å². The van der Waals surface area contributed by atoms with Crippen LogP contribution in [0.5, 0.6) is 0 Å². The zero-order valence-electron chi connectivity index (χ0n) is 6.92. The molecule has 0 aromatic carbocycles. The normalized spacial score (nSPS) is 9.33. The average Bonchev–Trinajstić information content (AvgIpc) is 2.05. The van der Waals surface area contributed by atoms with Gasteiger partial charge in [-0.25, -0.2) is 0 Å². The summed E-state index contributed by atoms with van der Waals surface area (Å²) >= 11 is 0. The fourth-order valence-electron chi connectivity index (χ4n) is 1.02. The van der Waals surface area contributed by atoms with Crippen LogP contribution in [0.15, 0.2) is 16.9 Å². The number of aromatic amines is 1. The summed E-state index contributed by atoms with van der Waals surface area (Å²) in [6.07, 6.45) is 1.84. The van der Waals surface area contributed by atoms with E-state index in [9.17, 15) is 4.79 Å². The highest BCUT2D eigenvalue weighted by Gasteiger charge is 1.97. The van der Waals surface area contributed by atoms with Crippen molar-refractivity contribution < 1.29 is 0 Å². The second kappa shape index (κ2) is 3.72. The molecule has 0 aliphatic heterocycles. The second-order valence-corrected chi connectivity index (χ2v) is 2.59. The molecule has 0 amide bonds. The highest BCUT2D eigenvalue weighted by molar-refractivity contribution is 5.26. The van der Waals surface area contributed by atoms with Gasteiger partial charge in [0.25, 0.3) is 5.56 Å². The fourth-order valence-corrected chi connectivity index (χ4v) is 1.02. The van der Waals surface area contributed by atoms with Gasteiger partial charge in [-0.05, 0) is 18.6 Å². The molecule has 12 heavy (non-hydrogen) atoms. The molecule has 0 radical (unpaired) electrons. The van der Waals surface area contributed by atoms with Gasteiger partial charge in [-0.2, -0.15) is 5.26 Å². The Labute approximate surface area is 70.7 Å². The Bertz CT molecular complexity index is 360. The zero-order valence-corrected chi connectivity index (χ0v) is 6.92. The van der Waals surface area contributed by atoms with E-state index in [0.29, 0.717) is 0 Å². The number of nitrogens with zero attached hydrogens (tertiary/aromatic N) is 1. The summed E-state index contributed by atoms with van der Waals surface area (Å²) in [5.41, 5.74) is 0.778. The van der Waals surface area contributed by atoms with Crippen molar-refractivity contribution in [1.29, 1.82) is 5.26 Å². The van der Waals surface area contributed by atoms with Gasteiger partial charge in [0.2, 0.25) is 0 Å². The summed E-state index contributed by atoms with van der Waals surface area (Å²) in [4.78, 5) is 13.7. The molecule has 0 aliphatic carbocycles. The minimum Gasteiger partial charge on any atom is -0.325 e. The molecule has 0 saturated heterocycles. The third-order valence-electron chi connectivity index (χ3n) is 1.61. The van der Waals surface area contributed by atoms with E-state index in [0.717, 1.165) is 18.5 Å². The maximum atomic E-state index is 11.1. The second-order valence-electron chi connectivity index (χ2n) is 2.59. The van der Waals surface area contributed by atoms with E-state index in [1.165, 1.54) is 0 Å². The number of H-pyrrole nitrogens is 1. The number of hydrogen-bond acceptors (Lipinski definition) is 2. The quantitative estimate of drug-likeness (QED) is 0.710. The van der Waals surface area contributed by atoms with Crippen LogP contribution in [0.3, 0.4) is 0 Å². The molecule has 0 saturated carbocycles. The van der Waals surface area contributed by atoms with E-state index in [4.69, 9.17) is 5.26 Å². The molecule has 0 bridgehead atoms. The lowest BCUT2D eigenvalue weighted by molar-refractivity contribution is 0.874. The van der Waals surface area contributed by atoms with Gasteiger partial charge in [-0.1, -0.05) is 13.3 Å². The first kappa shape index (κ1) is 8.54. The van der Waals surface area contributed by atoms with E-state index in [1.54, 1.807) is 12.1 Å². The third kappa shape index (κ3) is 1.73. The lowest BCUT2D eigenvalue weighted by Crippen LogP contribution is -2.11. The molecule has 1 heterocycles. The summed E-state index contributed by atoms with van der Waals surface area (Å²) < 4.78 is 0. The van der Waals surface area contributed by atoms with Crippen LogP contribution in [0.4, 0.5) is 0 Å². The molecule has 0 unspecified atom stereocenters. The molecule has 0 atom stereocenters. The number of aryl methyl sites for hydroxylation is 1. The minimum atomic E-state index is -0.288. The lowest BCUT2D eigenvalue weighted by atomic mass is 10.2. The highest BCUT2D eigenvalue weighted by atomic mass is 16.1. The Kier molecular flexibility index (Phi) is 2.65. The first-order valence-corrected chi connectivity index (χ1v) is 3.90. The van der Waals surface area contributed by atoms with Crippen molar-refractivity contribution in [2.45, 2.75) is 19.8 Å². The molecule has 0 spiro atoms. The monoisotopic (exact) mass is 162 g/mol. The van der Waals surface area contributed by atoms with Crippen LogP contribution in [0, 0.1) is 11.3 Å². The van der Waals surface area contributed by atoms with Gasteiger partial charge in [-0.15, -0.1) is 0 Å². The fraction of sp³-hybridized carbons (Fsp3) is 0.333. The highest BCUT2D eigenvalue weighted by Crippen LogP contribution is 1.97. The molecule has 0 aliphatic rings. The summed E-state index contributed by atoms with van der Waals surface area (Å²) in [7, 11) is 0. The molecule has 1 rings (SSSR count). The maximum Gasteiger partial charge on any atom is 0.266 e. The predicted molar refractivity (Wildman–Crippen MR) is 45.8 cm³/mol. The van der Waals surface area contributed by atoms with Crippen molar-refractivity contribution in [2.75, 3.05) is 0 Å². The van der Waals surface area contributed by atoms with Crippen molar-refractivity contribution in [2.24, 2.45) is 0 Å². The van der Waals surface area contributed by atoms with Crippen LogP contribution >= 0.6 is 0 Å². The summed E-state index contributed by atoms with van der Waals surface area (Å²) in [5, 5.41) is 8.47. The molecule has 3 nitrogen and oxygen atoms in total. The Morgan fingerprint density at radius 2 is 2.33 bits per heavy atom. The molecular formula is C9H10N2O. The van der Waals surface area contributed by atoms with E-state index in [-0.39, 0.29) is 11.1 Å². The number of pyridine rings is 1. The van der Waals surface area contributed by atoms with Crippen molar-refractivity contribution in [3.05, 3.63) is 33.7 Å². The standard InChI is InChI=1S/C9H10N2O/c1-2-3-8-5-4-7(6-10)9(12)11-8/h4-5H,2-3H2,1H3,(H,11,12). The Balaban J connectivity index is 3.04. The third-order valence-corrected chi connectivity index (χ3v) is 1.61. The SMILES string of the molecule is CCCc1ccc(C#N)c(=O)[nH]1. The summed E-state index contributed by atoms with van der Waals surface area (Å²) in [6, 6.07) is 5.16. The van der Waals surface area contributed by atoms with Crippen LogP contribution in [0.2, 0.25) is 0 Å². The first-order chi connectivity index (χ1) is 5.77. The van der Waals surface area contributed by atoms with Crippen molar-refractivity contribution in [1.82, 2.24) is 4.98 Å². The van der Waals surface area contributed by atoms with Gasteiger partial charge in [-0.3, -0.25) is 4.79 Å². The van der Waals surface area contributed by atoms with Crippen LogP contribution in [0.1, 0.15) is 24.6 Å². The van der Waals surface area contributed by atoms with Crippen LogP contribution < -0.4 is 5.56 Å². The predicted octanol–water partition coefficient (Wildman–Crippen LogP) is 1.20. The summed E-state index contributed by atoms with van der Waals surface area (Å²) in [6.45, 7) is 2.04. The van der Waals surface area contributed by atoms with E-state index < -0.39 is 0 Å². The molecule has 1 aromatic rings. The average molecular weight is 162 g/mol. The minimum absolute atomic E-state index is 0.176. The Morgan fingerprint density at radius 1 is 1.58 bits per heavy atom. The van der Waals surface area contributed by atoms with Gasteiger partial charge >= 0.3 is 0 Å². The molecular weight excluding hydrogens is 152 g/mol. The van der Waals surface area contributed by atoms with E-state index in [2.05, 4.69) is 4.98 Å². The topological polar surface area (TPSA) is 56.6 Å². The van der Waals surface area contributed by atoms with Crippen molar-refractivity contribution in [3.8, 4) is 6.07 Å². The van der Waals surface area contributed by atoms with Gasteiger partial charge in [0.05, 0.1) is 0 Å². The van der Waals surface area contributed by atoms with Crippen molar-refractivity contribution >= 4 is 0 Å². The Morgan fingerprint density at radius 3 is 2.83 bits per heavy atom. The first-order valence-electron chi connectivity index (χ1n) is 3.90. The maximum absolute atomic E-state index is 11.1. The molecule has 1 N–H and O–H groups in total. The smallest absolute Gasteiger partial charge is 0.266 e. The van der Waals surface area contributed by atoms with Gasteiger partial charge in [0.15, 0.2) is 0 Å².